The third-order valence-corrected chi connectivity index (χ3v) is 4.51. The first-order valence-electron chi connectivity index (χ1n) is 10.6. The van der Waals surface area contributed by atoms with Crippen molar-refractivity contribution >= 4 is 11.5 Å². The molecule has 1 atom stereocenters. The van der Waals surface area contributed by atoms with Crippen LogP contribution in [0.2, 0.25) is 0 Å². The van der Waals surface area contributed by atoms with E-state index in [1.165, 1.54) is 0 Å². The minimum absolute atomic E-state index is 0.0741. The Morgan fingerprint density at radius 1 is 0.767 bits per heavy atom. The number of nitrogens with one attached hydrogen (secondary N) is 1. The van der Waals surface area contributed by atoms with Gasteiger partial charge in [0.15, 0.2) is 23.0 Å². The number of Topliss-reactive ketones (excluding diaryl/α,β-unsaturated/α-hetero) is 1. The molecule has 0 aromatic heterocycles. The van der Waals surface area contributed by atoms with Crippen molar-refractivity contribution in [3.8, 4) is 23.0 Å². The Morgan fingerprint density at radius 3 is 1.80 bits per heavy atom. The molecule has 0 heterocycles. The number of hydrogen-bond acceptors (Lipinski definition) is 6. The van der Waals surface area contributed by atoms with Crippen LogP contribution in [0.15, 0.2) is 36.4 Å². The van der Waals surface area contributed by atoms with Crippen LogP contribution in [-0.2, 0) is 4.79 Å². The van der Waals surface area contributed by atoms with Gasteiger partial charge in [-0.2, -0.15) is 0 Å². The van der Waals surface area contributed by atoms with Crippen LogP contribution in [0, 0.1) is 0 Å². The van der Waals surface area contributed by atoms with Crippen molar-refractivity contribution in [2.45, 2.75) is 40.5 Å². The van der Waals surface area contributed by atoms with Crippen LogP contribution in [0.1, 0.15) is 46.1 Å². The minimum Gasteiger partial charge on any atom is -0.490 e. The van der Waals surface area contributed by atoms with E-state index >= 15 is 0 Å². The molecule has 0 aliphatic carbocycles. The van der Waals surface area contributed by atoms with E-state index in [-0.39, 0.29) is 11.7 Å². The van der Waals surface area contributed by atoms with Crippen LogP contribution < -0.4 is 24.3 Å². The third kappa shape index (κ3) is 6.31. The van der Waals surface area contributed by atoms with Crippen molar-refractivity contribution in [3.63, 3.8) is 0 Å². The maximum absolute atomic E-state index is 12.4. The van der Waals surface area contributed by atoms with Gasteiger partial charge in [-0.15, -0.1) is 0 Å². The summed E-state index contributed by atoms with van der Waals surface area (Å²) in [6, 6.07) is 11.4. The fraction of sp³-hybridized carbons (Fsp3) is 0.458. The molecule has 164 valence electrons. The van der Waals surface area contributed by atoms with Gasteiger partial charge in [-0.05, 0) is 64.4 Å². The van der Waals surface area contributed by atoms with E-state index in [1.807, 2.05) is 64.1 Å². The summed E-state index contributed by atoms with van der Waals surface area (Å²) in [5.41, 5.74) is 1.75. The number of ketones is 1. The van der Waals surface area contributed by atoms with Crippen LogP contribution >= 0.6 is 0 Å². The van der Waals surface area contributed by atoms with E-state index in [9.17, 15) is 4.79 Å². The largest absolute Gasteiger partial charge is 0.490 e. The minimum atomic E-state index is -0.318. The number of carbonyl (C=O) groups excluding carboxylic acids is 1. The number of carbonyl (C=O) groups is 1. The van der Waals surface area contributed by atoms with Gasteiger partial charge in [0.1, 0.15) is 5.78 Å². The van der Waals surface area contributed by atoms with Gasteiger partial charge in [-0.3, -0.25) is 4.79 Å². The molecule has 2 aromatic rings. The Bertz CT molecular complexity index is 821. The first-order valence-corrected chi connectivity index (χ1v) is 10.6. The SMILES string of the molecule is CCOc1ccc(NCC(C(C)=O)c2ccc(OCC)c(OCC)c2)cc1OCC. The molecule has 0 radical (unpaired) electrons. The van der Waals surface area contributed by atoms with E-state index in [0.717, 1.165) is 11.3 Å². The maximum Gasteiger partial charge on any atom is 0.163 e. The Balaban J connectivity index is 2.21. The molecule has 1 unspecified atom stereocenters. The Hall–Kier alpha value is -2.89. The molecule has 0 amide bonds. The zero-order chi connectivity index (χ0) is 21.9. The summed E-state index contributed by atoms with van der Waals surface area (Å²) in [5.74, 6) is 2.49. The number of benzene rings is 2. The van der Waals surface area contributed by atoms with Gasteiger partial charge in [-0.1, -0.05) is 6.07 Å². The number of anilines is 1. The van der Waals surface area contributed by atoms with Gasteiger partial charge in [0.25, 0.3) is 0 Å². The van der Waals surface area contributed by atoms with Crippen LogP contribution in [0.5, 0.6) is 23.0 Å². The lowest BCUT2D eigenvalue weighted by Crippen LogP contribution is -2.19. The molecule has 0 aliphatic heterocycles. The van der Waals surface area contributed by atoms with Crippen molar-refractivity contribution in [1.82, 2.24) is 0 Å². The van der Waals surface area contributed by atoms with E-state index in [0.29, 0.717) is 56.0 Å². The molecular weight excluding hydrogens is 382 g/mol. The second kappa shape index (κ2) is 12.0. The molecule has 6 heteroatoms. The Morgan fingerprint density at radius 2 is 1.27 bits per heavy atom. The van der Waals surface area contributed by atoms with E-state index in [1.54, 1.807) is 6.92 Å². The predicted molar refractivity (Wildman–Crippen MR) is 119 cm³/mol. The summed E-state index contributed by atoms with van der Waals surface area (Å²) in [7, 11) is 0. The van der Waals surface area contributed by atoms with Crippen molar-refractivity contribution in [2.75, 3.05) is 38.3 Å². The van der Waals surface area contributed by atoms with Gasteiger partial charge < -0.3 is 24.3 Å². The molecule has 1 N–H and O–H groups in total. The quantitative estimate of drug-likeness (QED) is 0.493. The van der Waals surface area contributed by atoms with Crippen molar-refractivity contribution in [1.29, 1.82) is 0 Å². The first kappa shape index (κ1) is 23.4. The van der Waals surface area contributed by atoms with Crippen molar-refractivity contribution < 1.29 is 23.7 Å². The molecule has 0 saturated heterocycles. The van der Waals surface area contributed by atoms with Gasteiger partial charge in [0, 0.05) is 18.3 Å². The van der Waals surface area contributed by atoms with Gasteiger partial charge in [0.05, 0.1) is 32.3 Å². The van der Waals surface area contributed by atoms with Crippen molar-refractivity contribution in [2.24, 2.45) is 0 Å². The second-order valence-corrected chi connectivity index (χ2v) is 6.64. The average molecular weight is 416 g/mol. The lowest BCUT2D eigenvalue weighted by Gasteiger charge is -2.19. The van der Waals surface area contributed by atoms with E-state index in [4.69, 9.17) is 18.9 Å². The van der Waals surface area contributed by atoms with Gasteiger partial charge in [0.2, 0.25) is 0 Å². The second-order valence-electron chi connectivity index (χ2n) is 6.64. The summed E-state index contributed by atoms with van der Waals surface area (Å²) in [5, 5.41) is 3.36. The summed E-state index contributed by atoms with van der Waals surface area (Å²) in [6.07, 6.45) is 0. The third-order valence-electron chi connectivity index (χ3n) is 4.51. The van der Waals surface area contributed by atoms with Crippen LogP contribution in [0.25, 0.3) is 0 Å². The predicted octanol–water partition coefficient (Wildman–Crippen LogP) is 5.07. The molecule has 0 spiro atoms. The molecule has 2 aromatic carbocycles. The Labute approximate surface area is 179 Å². The smallest absolute Gasteiger partial charge is 0.163 e. The fourth-order valence-electron chi connectivity index (χ4n) is 3.16. The highest BCUT2D eigenvalue weighted by atomic mass is 16.5. The molecule has 2 rings (SSSR count). The van der Waals surface area contributed by atoms with Crippen LogP contribution in [0.4, 0.5) is 5.69 Å². The number of ether oxygens (including phenoxy) is 4. The topological polar surface area (TPSA) is 66.0 Å². The normalized spacial score (nSPS) is 11.5. The lowest BCUT2D eigenvalue weighted by atomic mass is 9.94. The molecule has 0 aliphatic rings. The summed E-state index contributed by atoms with van der Waals surface area (Å²) >= 11 is 0. The maximum atomic E-state index is 12.4. The highest BCUT2D eigenvalue weighted by Crippen LogP contribution is 2.33. The van der Waals surface area contributed by atoms with Crippen LogP contribution in [0.3, 0.4) is 0 Å². The van der Waals surface area contributed by atoms with Crippen LogP contribution in [-0.4, -0.2) is 38.8 Å². The monoisotopic (exact) mass is 415 g/mol. The molecule has 6 nitrogen and oxygen atoms in total. The highest BCUT2D eigenvalue weighted by Gasteiger charge is 2.19. The van der Waals surface area contributed by atoms with E-state index in [2.05, 4.69) is 5.32 Å². The number of hydrogen-bond donors (Lipinski definition) is 1. The summed E-state index contributed by atoms with van der Waals surface area (Å²) in [6.45, 7) is 12.0. The summed E-state index contributed by atoms with van der Waals surface area (Å²) in [4.78, 5) is 12.4. The molecular formula is C24H33NO5. The highest BCUT2D eigenvalue weighted by molar-refractivity contribution is 5.84. The fourth-order valence-corrected chi connectivity index (χ4v) is 3.16. The average Bonchev–Trinajstić information content (AvgIpc) is 2.72. The molecule has 0 bridgehead atoms. The number of rotatable bonds is 13. The molecule has 0 fully saturated rings. The lowest BCUT2D eigenvalue weighted by molar-refractivity contribution is -0.118. The molecule has 0 saturated carbocycles. The summed E-state index contributed by atoms with van der Waals surface area (Å²) < 4.78 is 22.6. The zero-order valence-corrected chi connectivity index (χ0v) is 18.6. The van der Waals surface area contributed by atoms with Crippen molar-refractivity contribution in [3.05, 3.63) is 42.0 Å². The Kier molecular flexibility index (Phi) is 9.32. The molecule has 30 heavy (non-hydrogen) atoms. The first-order chi connectivity index (χ1) is 14.5. The zero-order valence-electron chi connectivity index (χ0n) is 18.6. The van der Waals surface area contributed by atoms with Gasteiger partial charge in [-0.25, -0.2) is 0 Å². The standard InChI is InChI=1S/C24H33NO5/c1-6-27-21-12-10-18(14-23(21)29-8-3)20(17(5)26)16-25-19-11-13-22(28-7-2)24(15-19)30-9-4/h10-15,20,25H,6-9,16H2,1-5H3. The van der Waals surface area contributed by atoms with E-state index < -0.39 is 0 Å². The van der Waals surface area contributed by atoms with Gasteiger partial charge >= 0.3 is 0 Å².